The van der Waals surface area contributed by atoms with E-state index in [1.165, 1.54) is 5.56 Å². The summed E-state index contributed by atoms with van der Waals surface area (Å²) in [6.07, 6.45) is 0.645. The highest BCUT2D eigenvalue weighted by molar-refractivity contribution is 5.38. The molecule has 0 spiro atoms. The van der Waals surface area contributed by atoms with Gasteiger partial charge >= 0.3 is 0 Å². The van der Waals surface area contributed by atoms with E-state index in [2.05, 4.69) is 11.8 Å². The van der Waals surface area contributed by atoms with Crippen LogP contribution in [0.4, 0.5) is 0 Å². The number of aliphatic hydroxyl groups is 1. The topological polar surface area (TPSA) is 20.2 Å². The van der Waals surface area contributed by atoms with Gasteiger partial charge in [-0.05, 0) is 38.0 Å². The molecule has 0 heterocycles. The van der Waals surface area contributed by atoms with Crippen molar-refractivity contribution in [3.05, 3.63) is 35.4 Å². The van der Waals surface area contributed by atoms with Crippen LogP contribution in [0.15, 0.2) is 24.3 Å². The van der Waals surface area contributed by atoms with Gasteiger partial charge in [0.1, 0.15) is 5.60 Å². The SMILES string of the molecule is CCC(C)(O)C#Cc1cccc(C)c1. The summed E-state index contributed by atoms with van der Waals surface area (Å²) < 4.78 is 0. The molecule has 0 amide bonds. The second kappa shape index (κ2) is 4.30. The molecule has 0 bridgehead atoms. The van der Waals surface area contributed by atoms with Crippen molar-refractivity contribution in [3.8, 4) is 11.8 Å². The van der Waals surface area contributed by atoms with Crippen molar-refractivity contribution in [2.75, 3.05) is 0 Å². The lowest BCUT2D eigenvalue weighted by atomic mass is 10.0. The van der Waals surface area contributed by atoms with E-state index in [1.54, 1.807) is 6.92 Å². The highest BCUT2D eigenvalue weighted by Gasteiger charge is 2.11. The summed E-state index contributed by atoms with van der Waals surface area (Å²) in [5.74, 6) is 5.83. The van der Waals surface area contributed by atoms with Gasteiger partial charge in [0.2, 0.25) is 0 Å². The van der Waals surface area contributed by atoms with E-state index in [-0.39, 0.29) is 0 Å². The van der Waals surface area contributed by atoms with Crippen LogP contribution in [0, 0.1) is 18.8 Å². The molecule has 0 aliphatic heterocycles. The smallest absolute Gasteiger partial charge is 0.122 e. The van der Waals surface area contributed by atoms with E-state index in [1.807, 2.05) is 38.1 Å². The Kier molecular flexibility index (Phi) is 3.33. The van der Waals surface area contributed by atoms with Crippen molar-refractivity contribution < 1.29 is 5.11 Å². The first kappa shape index (κ1) is 10.8. The van der Waals surface area contributed by atoms with E-state index < -0.39 is 5.60 Å². The third-order valence-electron chi connectivity index (χ3n) is 2.18. The van der Waals surface area contributed by atoms with Crippen LogP contribution in [0.3, 0.4) is 0 Å². The Morgan fingerprint density at radius 1 is 1.43 bits per heavy atom. The lowest BCUT2D eigenvalue weighted by molar-refractivity contribution is 0.118. The van der Waals surface area contributed by atoms with Gasteiger partial charge in [0.05, 0.1) is 0 Å². The molecule has 1 atom stereocenters. The first-order valence-corrected chi connectivity index (χ1v) is 4.86. The fourth-order valence-electron chi connectivity index (χ4n) is 1.02. The Morgan fingerprint density at radius 3 is 2.71 bits per heavy atom. The highest BCUT2D eigenvalue weighted by atomic mass is 16.3. The van der Waals surface area contributed by atoms with Gasteiger partial charge in [-0.1, -0.05) is 30.9 Å². The minimum atomic E-state index is -0.871. The van der Waals surface area contributed by atoms with Crippen LogP contribution in [0.1, 0.15) is 31.4 Å². The molecule has 0 saturated heterocycles. The molecule has 1 unspecified atom stereocenters. The molecule has 0 radical (unpaired) electrons. The standard InChI is InChI=1S/C13H16O/c1-4-13(3,14)9-8-12-7-5-6-11(2)10-12/h5-7,10,14H,4H2,1-3H3. The summed E-state index contributed by atoms with van der Waals surface area (Å²) >= 11 is 0. The second-order valence-electron chi connectivity index (χ2n) is 3.75. The minimum absolute atomic E-state index is 0.645. The zero-order valence-corrected chi connectivity index (χ0v) is 8.96. The van der Waals surface area contributed by atoms with Crippen molar-refractivity contribution in [2.45, 2.75) is 32.8 Å². The zero-order chi connectivity index (χ0) is 10.6. The van der Waals surface area contributed by atoms with Crippen molar-refractivity contribution in [1.82, 2.24) is 0 Å². The molecule has 1 aromatic carbocycles. The molecule has 0 saturated carbocycles. The number of benzene rings is 1. The van der Waals surface area contributed by atoms with Gasteiger partial charge in [-0.2, -0.15) is 0 Å². The summed E-state index contributed by atoms with van der Waals surface area (Å²) in [5.41, 5.74) is 1.27. The molecule has 1 aromatic rings. The molecule has 0 aromatic heterocycles. The maximum absolute atomic E-state index is 9.68. The molecule has 0 aliphatic rings. The zero-order valence-electron chi connectivity index (χ0n) is 8.96. The lowest BCUT2D eigenvalue weighted by Gasteiger charge is -2.11. The summed E-state index contributed by atoms with van der Waals surface area (Å²) in [4.78, 5) is 0. The number of hydrogen-bond acceptors (Lipinski definition) is 1. The third kappa shape index (κ3) is 3.24. The predicted molar refractivity (Wildman–Crippen MR) is 59.0 cm³/mol. The number of hydrogen-bond donors (Lipinski definition) is 1. The Labute approximate surface area is 85.8 Å². The lowest BCUT2D eigenvalue weighted by Crippen LogP contribution is -2.19. The van der Waals surface area contributed by atoms with Gasteiger partial charge in [0.25, 0.3) is 0 Å². The fraction of sp³-hybridized carbons (Fsp3) is 0.385. The first-order chi connectivity index (χ1) is 6.53. The van der Waals surface area contributed by atoms with E-state index in [0.717, 1.165) is 5.56 Å². The van der Waals surface area contributed by atoms with E-state index in [4.69, 9.17) is 0 Å². The molecule has 0 fully saturated rings. The summed E-state index contributed by atoms with van der Waals surface area (Å²) in [7, 11) is 0. The molecular weight excluding hydrogens is 172 g/mol. The molecule has 1 N–H and O–H groups in total. The molecular formula is C13H16O. The van der Waals surface area contributed by atoms with Gasteiger partial charge < -0.3 is 5.11 Å². The third-order valence-corrected chi connectivity index (χ3v) is 2.18. The summed E-state index contributed by atoms with van der Waals surface area (Å²) in [6, 6.07) is 7.97. The fourth-order valence-corrected chi connectivity index (χ4v) is 1.02. The number of rotatable bonds is 1. The Balaban J connectivity index is 2.88. The van der Waals surface area contributed by atoms with Gasteiger partial charge in [-0.3, -0.25) is 0 Å². The predicted octanol–water partition coefficient (Wildman–Crippen LogP) is 2.51. The molecule has 14 heavy (non-hydrogen) atoms. The number of aryl methyl sites for hydroxylation is 1. The molecule has 74 valence electrons. The Morgan fingerprint density at radius 2 is 2.14 bits per heavy atom. The quantitative estimate of drug-likeness (QED) is 0.671. The highest BCUT2D eigenvalue weighted by Crippen LogP contribution is 2.07. The monoisotopic (exact) mass is 188 g/mol. The van der Waals surface area contributed by atoms with Crippen LogP contribution >= 0.6 is 0 Å². The molecule has 1 nitrogen and oxygen atoms in total. The Hall–Kier alpha value is -1.26. The Bertz CT molecular complexity index is 366. The van der Waals surface area contributed by atoms with Crippen molar-refractivity contribution >= 4 is 0 Å². The summed E-state index contributed by atoms with van der Waals surface area (Å²) in [5, 5.41) is 9.68. The first-order valence-electron chi connectivity index (χ1n) is 4.86. The van der Waals surface area contributed by atoms with Crippen LogP contribution < -0.4 is 0 Å². The van der Waals surface area contributed by atoms with Crippen molar-refractivity contribution in [2.24, 2.45) is 0 Å². The van der Waals surface area contributed by atoms with Gasteiger partial charge in [-0.25, -0.2) is 0 Å². The maximum Gasteiger partial charge on any atom is 0.122 e. The van der Waals surface area contributed by atoms with Crippen LogP contribution in [0.5, 0.6) is 0 Å². The normalized spacial score (nSPS) is 14.0. The minimum Gasteiger partial charge on any atom is -0.378 e. The molecule has 1 rings (SSSR count). The average molecular weight is 188 g/mol. The maximum atomic E-state index is 9.68. The van der Waals surface area contributed by atoms with E-state index >= 15 is 0 Å². The second-order valence-corrected chi connectivity index (χ2v) is 3.75. The van der Waals surface area contributed by atoms with Crippen LogP contribution in [0.2, 0.25) is 0 Å². The van der Waals surface area contributed by atoms with Gasteiger partial charge in [-0.15, -0.1) is 0 Å². The molecule has 0 aliphatic carbocycles. The van der Waals surface area contributed by atoms with Crippen molar-refractivity contribution in [3.63, 3.8) is 0 Å². The largest absolute Gasteiger partial charge is 0.378 e. The van der Waals surface area contributed by atoms with E-state index in [9.17, 15) is 5.11 Å². The van der Waals surface area contributed by atoms with Crippen molar-refractivity contribution in [1.29, 1.82) is 0 Å². The van der Waals surface area contributed by atoms with Gasteiger partial charge in [0, 0.05) is 5.56 Å². The molecule has 1 heteroatoms. The van der Waals surface area contributed by atoms with Gasteiger partial charge in [0.15, 0.2) is 0 Å². The van der Waals surface area contributed by atoms with Crippen LogP contribution in [0.25, 0.3) is 0 Å². The average Bonchev–Trinajstić information content (AvgIpc) is 2.15. The van der Waals surface area contributed by atoms with Crippen LogP contribution in [-0.4, -0.2) is 10.7 Å². The van der Waals surface area contributed by atoms with Crippen LogP contribution in [-0.2, 0) is 0 Å². The van der Waals surface area contributed by atoms with E-state index in [0.29, 0.717) is 6.42 Å². The summed E-state index contributed by atoms with van der Waals surface area (Å²) in [6.45, 7) is 5.68.